The third kappa shape index (κ3) is 6.06. The first kappa shape index (κ1) is 23.4. The highest BCUT2D eigenvalue weighted by Gasteiger charge is 2.33. The molecule has 0 aliphatic carbocycles. The van der Waals surface area contributed by atoms with Crippen LogP contribution in [0.4, 0.5) is 4.39 Å². The van der Waals surface area contributed by atoms with Gasteiger partial charge < -0.3 is 19.3 Å². The molecule has 2 aromatic carbocycles. The Bertz CT molecular complexity index is 764. The van der Waals surface area contributed by atoms with Crippen molar-refractivity contribution >= 4 is 12.4 Å². The lowest BCUT2D eigenvalue weighted by Crippen LogP contribution is -2.42. The van der Waals surface area contributed by atoms with Crippen molar-refractivity contribution in [2.24, 2.45) is 0 Å². The fourth-order valence-electron chi connectivity index (χ4n) is 3.55. The zero-order chi connectivity index (χ0) is 20.0. The van der Waals surface area contributed by atoms with E-state index in [1.807, 2.05) is 18.2 Å². The highest BCUT2D eigenvalue weighted by Crippen LogP contribution is 2.34. The Labute approximate surface area is 177 Å². The van der Waals surface area contributed by atoms with Crippen molar-refractivity contribution in [3.8, 4) is 11.5 Å². The molecule has 29 heavy (non-hydrogen) atoms. The van der Waals surface area contributed by atoms with Gasteiger partial charge in [-0.25, -0.2) is 4.39 Å². The molecule has 1 saturated heterocycles. The van der Waals surface area contributed by atoms with E-state index in [2.05, 4.69) is 4.90 Å². The van der Waals surface area contributed by atoms with Crippen LogP contribution in [0.2, 0.25) is 0 Å². The lowest BCUT2D eigenvalue weighted by atomic mass is 9.84. The molecule has 1 heterocycles. The third-order valence-corrected chi connectivity index (χ3v) is 5.24. The SMILES string of the molecule is COCCOc1ccc(CN2CCC(O)(c3ccc(F)cc3)CC2)cc1OC.Cl. The Morgan fingerprint density at radius 2 is 1.69 bits per heavy atom. The van der Waals surface area contributed by atoms with Gasteiger partial charge in [0.25, 0.3) is 0 Å². The van der Waals surface area contributed by atoms with E-state index in [0.717, 1.165) is 30.8 Å². The fourth-order valence-corrected chi connectivity index (χ4v) is 3.55. The standard InChI is InChI=1S/C22H28FNO4.ClH/c1-26-13-14-28-20-8-3-17(15-21(20)27-2)16-24-11-9-22(25,10-12-24)18-4-6-19(23)7-5-18;/h3-8,15,25H,9-14,16H2,1-2H3;1H. The molecule has 0 spiro atoms. The second-order valence-electron chi connectivity index (χ2n) is 7.14. The molecule has 5 nitrogen and oxygen atoms in total. The normalized spacial score (nSPS) is 16.1. The lowest BCUT2D eigenvalue weighted by molar-refractivity contribution is -0.0277. The fraction of sp³-hybridized carbons (Fsp3) is 0.455. The van der Waals surface area contributed by atoms with Crippen LogP contribution in [0.3, 0.4) is 0 Å². The topological polar surface area (TPSA) is 51.2 Å². The number of aliphatic hydroxyl groups is 1. The van der Waals surface area contributed by atoms with Gasteiger partial charge in [-0.05, 0) is 48.2 Å². The molecule has 0 radical (unpaired) electrons. The van der Waals surface area contributed by atoms with Gasteiger partial charge in [-0.3, -0.25) is 4.90 Å². The van der Waals surface area contributed by atoms with E-state index in [9.17, 15) is 9.50 Å². The van der Waals surface area contributed by atoms with Gasteiger partial charge in [0.15, 0.2) is 11.5 Å². The van der Waals surface area contributed by atoms with Crippen LogP contribution in [0.1, 0.15) is 24.0 Å². The summed E-state index contributed by atoms with van der Waals surface area (Å²) >= 11 is 0. The largest absolute Gasteiger partial charge is 0.493 e. The van der Waals surface area contributed by atoms with Gasteiger partial charge in [-0.15, -0.1) is 12.4 Å². The molecule has 1 aliphatic heterocycles. The van der Waals surface area contributed by atoms with E-state index in [-0.39, 0.29) is 18.2 Å². The van der Waals surface area contributed by atoms with E-state index in [0.29, 0.717) is 37.6 Å². The van der Waals surface area contributed by atoms with Crippen molar-refractivity contribution in [1.82, 2.24) is 4.90 Å². The predicted molar refractivity (Wildman–Crippen MR) is 112 cm³/mol. The van der Waals surface area contributed by atoms with Crippen LogP contribution in [0.25, 0.3) is 0 Å². The average molecular weight is 426 g/mol. The maximum atomic E-state index is 13.1. The summed E-state index contributed by atoms with van der Waals surface area (Å²) < 4.78 is 29.3. The summed E-state index contributed by atoms with van der Waals surface area (Å²) in [6.07, 6.45) is 1.24. The molecule has 0 atom stereocenters. The molecular weight excluding hydrogens is 397 g/mol. The molecule has 0 amide bonds. The minimum Gasteiger partial charge on any atom is -0.493 e. The van der Waals surface area contributed by atoms with Crippen molar-refractivity contribution in [2.75, 3.05) is 40.5 Å². The minimum absolute atomic E-state index is 0. The second kappa shape index (κ2) is 10.8. The van der Waals surface area contributed by atoms with Crippen molar-refractivity contribution in [2.45, 2.75) is 25.0 Å². The number of nitrogens with zero attached hydrogens (tertiary/aromatic N) is 1. The molecule has 0 bridgehead atoms. The number of likely N-dealkylation sites (tertiary alicyclic amines) is 1. The number of ether oxygens (including phenoxy) is 3. The van der Waals surface area contributed by atoms with Gasteiger partial charge in [0.1, 0.15) is 12.4 Å². The maximum absolute atomic E-state index is 13.1. The first-order chi connectivity index (χ1) is 13.5. The van der Waals surface area contributed by atoms with Crippen LogP contribution in [0, 0.1) is 5.82 Å². The average Bonchev–Trinajstić information content (AvgIpc) is 2.71. The summed E-state index contributed by atoms with van der Waals surface area (Å²) in [7, 11) is 3.27. The van der Waals surface area contributed by atoms with Crippen molar-refractivity contribution in [3.63, 3.8) is 0 Å². The number of hydrogen-bond acceptors (Lipinski definition) is 5. The molecule has 0 aromatic heterocycles. The molecule has 1 fully saturated rings. The number of methoxy groups -OCH3 is 2. The number of piperidine rings is 1. The molecule has 2 aromatic rings. The van der Waals surface area contributed by atoms with Crippen LogP contribution in [0.5, 0.6) is 11.5 Å². The zero-order valence-corrected chi connectivity index (χ0v) is 17.7. The number of benzene rings is 2. The summed E-state index contributed by atoms with van der Waals surface area (Å²) in [5, 5.41) is 10.9. The Hall–Kier alpha value is -1.86. The lowest BCUT2D eigenvalue weighted by Gasteiger charge is -2.38. The van der Waals surface area contributed by atoms with Gasteiger partial charge >= 0.3 is 0 Å². The summed E-state index contributed by atoms with van der Waals surface area (Å²) in [4.78, 5) is 2.30. The summed E-state index contributed by atoms with van der Waals surface area (Å²) in [5.74, 6) is 1.12. The molecule has 0 unspecified atom stereocenters. The summed E-state index contributed by atoms with van der Waals surface area (Å²) in [6.45, 7) is 3.30. The zero-order valence-electron chi connectivity index (χ0n) is 16.9. The van der Waals surface area contributed by atoms with E-state index in [1.54, 1.807) is 26.4 Å². The maximum Gasteiger partial charge on any atom is 0.161 e. The van der Waals surface area contributed by atoms with E-state index < -0.39 is 5.60 Å². The van der Waals surface area contributed by atoms with Crippen molar-refractivity contribution in [1.29, 1.82) is 0 Å². The van der Waals surface area contributed by atoms with Crippen molar-refractivity contribution in [3.05, 3.63) is 59.4 Å². The molecule has 1 aliphatic rings. The van der Waals surface area contributed by atoms with Crippen molar-refractivity contribution < 1.29 is 23.7 Å². The summed E-state index contributed by atoms with van der Waals surface area (Å²) in [5.41, 5.74) is 1.02. The van der Waals surface area contributed by atoms with Crippen LogP contribution in [-0.4, -0.2) is 50.5 Å². The first-order valence-electron chi connectivity index (χ1n) is 9.53. The third-order valence-electron chi connectivity index (χ3n) is 5.24. The number of halogens is 2. The van der Waals surface area contributed by atoms with Gasteiger partial charge in [0.2, 0.25) is 0 Å². The van der Waals surface area contributed by atoms with E-state index >= 15 is 0 Å². The Morgan fingerprint density at radius 3 is 2.31 bits per heavy atom. The van der Waals surface area contributed by atoms with Gasteiger partial charge in [0.05, 0.1) is 19.3 Å². The Morgan fingerprint density at radius 1 is 1.00 bits per heavy atom. The highest BCUT2D eigenvalue weighted by atomic mass is 35.5. The van der Waals surface area contributed by atoms with Gasteiger partial charge in [-0.2, -0.15) is 0 Å². The second-order valence-corrected chi connectivity index (χ2v) is 7.14. The van der Waals surface area contributed by atoms with Crippen LogP contribution in [0.15, 0.2) is 42.5 Å². The van der Waals surface area contributed by atoms with Crippen LogP contribution >= 0.6 is 12.4 Å². The summed E-state index contributed by atoms with van der Waals surface area (Å²) in [6, 6.07) is 12.1. The Balaban J connectivity index is 0.00000300. The number of rotatable bonds is 8. The highest BCUT2D eigenvalue weighted by molar-refractivity contribution is 5.85. The van der Waals surface area contributed by atoms with E-state index in [1.165, 1.54) is 12.1 Å². The van der Waals surface area contributed by atoms with Crippen LogP contribution < -0.4 is 9.47 Å². The molecule has 3 rings (SSSR count). The molecule has 1 N–H and O–H groups in total. The van der Waals surface area contributed by atoms with E-state index in [4.69, 9.17) is 14.2 Å². The monoisotopic (exact) mass is 425 g/mol. The molecule has 7 heteroatoms. The van der Waals surface area contributed by atoms with Crippen LogP contribution in [-0.2, 0) is 16.9 Å². The number of hydrogen-bond donors (Lipinski definition) is 1. The minimum atomic E-state index is -0.888. The van der Waals surface area contributed by atoms with Gasteiger partial charge in [-0.1, -0.05) is 18.2 Å². The predicted octanol–water partition coefficient (Wildman–Crippen LogP) is 3.76. The molecule has 0 saturated carbocycles. The van der Waals surface area contributed by atoms with Gasteiger partial charge in [0, 0.05) is 26.7 Å². The first-order valence-corrected chi connectivity index (χ1v) is 9.53. The Kier molecular flexibility index (Phi) is 8.71. The quantitative estimate of drug-likeness (QED) is 0.652. The molecule has 160 valence electrons. The smallest absolute Gasteiger partial charge is 0.161 e. The molecular formula is C22H29ClFNO4.